The second-order valence-electron chi connectivity index (χ2n) is 5.40. The summed E-state index contributed by atoms with van der Waals surface area (Å²) in [6.45, 7) is 4.15. The molecule has 1 aliphatic heterocycles. The van der Waals surface area contributed by atoms with Gasteiger partial charge in [0.1, 0.15) is 0 Å². The topological polar surface area (TPSA) is 57.7 Å². The molecule has 0 N–H and O–H groups in total. The third kappa shape index (κ3) is 3.09. The van der Waals surface area contributed by atoms with Crippen molar-refractivity contribution in [3.8, 4) is 11.8 Å². The van der Waals surface area contributed by atoms with Gasteiger partial charge in [0.25, 0.3) is 0 Å². The van der Waals surface area contributed by atoms with E-state index in [1.807, 2.05) is 0 Å². The lowest BCUT2D eigenvalue weighted by atomic mass is 10.2. The molecule has 1 aromatic carbocycles. The van der Waals surface area contributed by atoms with Crippen molar-refractivity contribution in [3.63, 3.8) is 0 Å². The van der Waals surface area contributed by atoms with E-state index in [0.29, 0.717) is 6.42 Å². The average molecular weight is 313 g/mol. The zero-order valence-corrected chi connectivity index (χ0v) is 13.5. The summed E-state index contributed by atoms with van der Waals surface area (Å²) >= 11 is 1.59. The minimum atomic E-state index is 0.518. The summed E-state index contributed by atoms with van der Waals surface area (Å²) in [7, 11) is 0. The predicted molar refractivity (Wildman–Crippen MR) is 88.5 cm³/mol. The van der Waals surface area contributed by atoms with Crippen LogP contribution in [0.25, 0.3) is 5.69 Å². The van der Waals surface area contributed by atoms with Crippen molar-refractivity contribution in [3.05, 3.63) is 29.8 Å². The van der Waals surface area contributed by atoms with Crippen LogP contribution in [0.2, 0.25) is 0 Å². The standard InChI is InChI=1S/C16H19N5S/c1-13-5-7-14(8-6-13)21-15(20-10-2-3-11-20)18-19-16(21)22-12-4-9-17/h5-8H,2-4,10-12H2,1H3. The molecule has 0 atom stereocenters. The highest BCUT2D eigenvalue weighted by Gasteiger charge is 2.22. The molecule has 0 aliphatic carbocycles. The van der Waals surface area contributed by atoms with E-state index >= 15 is 0 Å². The van der Waals surface area contributed by atoms with Crippen LogP contribution in [-0.2, 0) is 0 Å². The smallest absolute Gasteiger partial charge is 0.232 e. The number of rotatable bonds is 5. The fourth-order valence-electron chi connectivity index (χ4n) is 2.59. The number of anilines is 1. The fourth-order valence-corrected chi connectivity index (χ4v) is 3.38. The monoisotopic (exact) mass is 313 g/mol. The highest BCUT2D eigenvalue weighted by molar-refractivity contribution is 7.99. The van der Waals surface area contributed by atoms with E-state index in [0.717, 1.165) is 35.6 Å². The Morgan fingerprint density at radius 3 is 2.59 bits per heavy atom. The van der Waals surface area contributed by atoms with Crippen LogP contribution in [0.1, 0.15) is 24.8 Å². The van der Waals surface area contributed by atoms with Crippen LogP contribution >= 0.6 is 11.8 Å². The molecule has 114 valence electrons. The molecule has 0 unspecified atom stereocenters. The average Bonchev–Trinajstić information content (AvgIpc) is 3.17. The molecule has 2 heterocycles. The number of thioether (sulfide) groups is 1. The Bertz CT molecular complexity index is 665. The van der Waals surface area contributed by atoms with Gasteiger partial charge in [-0.25, -0.2) is 0 Å². The van der Waals surface area contributed by atoms with Crippen LogP contribution < -0.4 is 4.90 Å². The van der Waals surface area contributed by atoms with E-state index in [1.54, 1.807) is 11.8 Å². The third-order valence-corrected chi connectivity index (χ3v) is 4.67. The van der Waals surface area contributed by atoms with E-state index in [4.69, 9.17) is 5.26 Å². The number of hydrogen-bond acceptors (Lipinski definition) is 5. The summed E-state index contributed by atoms with van der Waals surface area (Å²) in [6, 6.07) is 10.6. The summed E-state index contributed by atoms with van der Waals surface area (Å²) in [5, 5.41) is 18.4. The van der Waals surface area contributed by atoms with Crippen molar-refractivity contribution in [2.24, 2.45) is 0 Å². The van der Waals surface area contributed by atoms with Crippen molar-refractivity contribution in [2.45, 2.75) is 31.3 Å². The number of hydrogen-bond donors (Lipinski definition) is 0. The van der Waals surface area contributed by atoms with Gasteiger partial charge in [0, 0.05) is 25.3 Å². The highest BCUT2D eigenvalue weighted by Crippen LogP contribution is 2.28. The Labute approximate surface area is 135 Å². The molecule has 0 bridgehead atoms. The van der Waals surface area contributed by atoms with Gasteiger partial charge in [-0.15, -0.1) is 10.2 Å². The number of nitriles is 1. The number of nitrogens with zero attached hydrogens (tertiary/aromatic N) is 5. The molecule has 22 heavy (non-hydrogen) atoms. The number of aryl methyl sites for hydroxylation is 1. The summed E-state index contributed by atoms with van der Waals surface area (Å²) in [4.78, 5) is 2.29. The van der Waals surface area contributed by atoms with E-state index in [1.165, 1.54) is 18.4 Å². The maximum atomic E-state index is 8.72. The van der Waals surface area contributed by atoms with Crippen LogP contribution in [0.15, 0.2) is 29.4 Å². The number of aromatic nitrogens is 3. The third-order valence-electron chi connectivity index (χ3n) is 3.74. The first-order valence-corrected chi connectivity index (χ1v) is 8.55. The Hall–Kier alpha value is -2.00. The zero-order chi connectivity index (χ0) is 15.4. The van der Waals surface area contributed by atoms with E-state index in [9.17, 15) is 0 Å². The molecule has 6 heteroatoms. The molecule has 0 amide bonds. The lowest BCUT2D eigenvalue weighted by Crippen LogP contribution is -2.22. The van der Waals surface area contributed by atoms with E-state index < -0.39 is 0 Å². The normalized spacial score (nSPS) is 14.3. The highest BCUT2D eigenvalue weighted by atomic mass is 32.2. The lowest BCUT2D eigenvalue weighted by molar-refractivity contribution is 0.841. The summed E-state index contributed by atoms with van der Waals surface area (Å²) in [6.07, 6.45) is 2.93. The molecule has 1 aliphatic rings. The molecule has 0 spiro atoms. The maximum Gasteiger partial charge on any atom is 0.232 e. The van der Waals surface area contributed by atoms with Gasteiger partial charge in [-0.3, -0.25) is 4.57 Å². The quantitative estimate of drug-likeness (QED) is 0.627. The molecule has 2 aromatic rings. The molecule has 1 aromatic heterocycles. The van der Waals surface area contributed by atoms with E-state index in [-0.39, 0.29) is 0 Å². The van der Waals surface area contributed by atoms with Crippen LogP contribution in [0.4, 0.5) is 5.95 Å². The number of benzene rings is 1. The van der Waals surface area contributed by atoms with Crippen LogP contribution in [0.5, 0.6) is 0 Å². The molecule has 5 nitrogen and oxygen atoms in total. The minimum Gasteiger partial charge on any atom is -0.341 e. The van der Waals surface area contributed by atoms with Crippen LogP contribution in [0, 0.1) is 18.3 Å². The lowest BCUT2D eigenvalue weighted by Gasteiger charge is -2.18. The Kier molecular flexibility index (Phi) is 4.64. The van der Waals surface area contributed by atoms with Crippen molar-refractivity contribution in [2.75, 3.05) is 23.7 Å². The molecule has 1 saturated heterocycles. The van der Waals surface area contributed by atoms with Gasteiger partial charge in [-0.2, -0.15) is 5.26 Å². The molecule has 1 fully saturated rings. The van der Waals surface area contributed by atoms with Crippen molar-refractivity contribution in [1.29, 1.82) is 5.26 Å². The first kappa shape index (κ1) is 14.9. The van der Waals surface area contributed by atoms with Gasteiger partial charge in [-0.05, 0) is 31.9 Å². The van der Waals surface area contributed by atoms with Gasteiger partial charge in [0.15, 0.2) is 5.16 Å². The van der Waals surface area contributed by atoms with Crippen LogP contribution in [0.3, 0.4) is 0 Å². The molecule has 0 saturated carbocycles. The Morgan fingerprint density at radius 2 is 1.91 bits per heavy atom. The summed E-state index contributed by atoms with van der Waals surface area (Å²) in [5.74, 6) is 1.65. The second-order valence-corrected chi connectivity index (χ2v) is 6.47. The van der Waals surface area contributed by atoms with Gasteiger partial charge in [-0.1, -0.05) is 29.5 Å². The minimum absolute atomic E-state index is 0.518. The first-order chi connectivity index (χ1) is 10.8. The Morgan fingerprint density at radius 1 is 1.18 bits per heavy atom. The zero-order valence-electron chi connectivity index (χ0n) is 12.7. The second kappa shape index (κ2) is 6.84. The first-order valence-electron chi connectivity index (χ1n) is 7.57. The van der Waals surface area contributed by atoms with Crippen molar-refractivity contribution in [1.82, 2.24) is 14.8 Å². The molecule has 0 radical (unpaired) electrons. The molecular weight excluding hydrogens is 294 g/mol. The molecular formula is C16H19N5S. The van der Waals surface area contributed by atoms with E-state index in [2.05, 4.69) is 56.9 Å². The van der Waals surface area contributed by atoms with Crippen molar-refractivity contribution >= 4 is 17.7 Å². The van der Waals surface area contributed by atoms with Crippen LogP contribution in [-0.4, -0.2) is 33.6 Å². The SMILES string of the molecule is Cc1ccc(-n2c(SCCC#N)nnc2N2CCCC2)cc1. The largest absolute Gasteiger partial charge is 0.341 e. The van der Waals surface area contributed by atoms with Gasteiger partial charge < -0.3 is 4.90 Å². The summed E-state index contributed by atoms with van der Waals surface area (Å²) < 4.78 is 2.12. The van der Waals surface area contributed by atoms with Crippen molar-refractivity contribution < 1.29 is 0 Å². The van der Waals surface area contributed by atoms with Gasteiger partial charge in [0.2, 0.25) is 5.95 Å². The summed E-state index contributed by atoms with van der Waals surface area (Å²) in [5.41, 5.74) is 2.31. The molecule has 3 rings (SSSR count). The maximum absolute atomic E-state index is 8.72. The Balaban J connectivity index is 1.96. The predicted octanol–water partition coefficient (Wildman–Crippen LogP) is 3.18. The van der Waals surface area contributed by atoms with Gasteiger partial charge >= 0.3 is 0 Å². The van der Waals surface area contributed by atoms with Gasteiger partial charge in [0.05, 0.1) is 11.8 Å². The fraction of sp³-hybridized carbons (Fsp3) is 0.438.